The average molecular weight is 235 g/mol. The normalized spacial score (nSPS) is 11.2. The number of nitrogens with two attached hydrogens (primary N) is 2. The van der Waals surface area contributed by atoms with Gasteiger partial charge in [-0.05, 0) is 12.1 Å². The van der Waals surface area contributed by atoms with Crippen LogP contribution in [0.4, 0.5) is 8.78 Å². The highest BCUT2D eigenvalue weighted by Gasteiger charge is 2.18. The molecule has 0 aromatic heterocycles. The summed E-state index contributed by atoms with van der Waals surface area (Å²) in [7, 11) is -3.78. The highest BCUT2D eigenvalue weighted by atomic mass is 31.2. The van der Waals surface area contributed by atoms with E-state index in [1.54, 1.807) is 5.09 Å². The molecule has 1 amide bonds. The SMILES string of the molecule is NP(N)(=O)NC(=O)c1ccc(F)cc1F. The molecule has 0 saturated carbocycles. The molecule has 1 aromatic carbocycles. The van der Waals surface area contributed by atoms with Crippen LogP contribution in [-0.4, -0.2) is 5.91 Å². The van der Waals surface area contributed by atoms with Crippen molar-refractivity contribution in [2.75, 3.05) is 0 Å². The third-order valence-corrected chi connectivity index (χ3v) is 2.00. The van der Waals surface area contributed by atoms with Crippen molar-refractivity contribution in [1.82, 2.24) is 5.09 Å². The lowest BCUT2D eigenvalue weighted by molar-refractivity contribution is 0.0976. The number of carbonyl (C=O) groups excluding carboxylic acids is 1. The molecule has 82 valence electrons. The lowest BCUT2D eigenvalue weighted by Crippen LogP contribution is -2.29. The Morgan fingerprint density at radius 2 is 1.93 bits per heavy atom. The van der Waals surface area contributed by atoms with E-state index in [1.807, 2.05) is 0 Å². The molecule has 8 heteroatoms. The van der Waals surface area contributed by atoms with E-state index in [9.17, 15) is 18.1 Å². The van der Waals surface area contributed by atoms with Crippen molar-refractivity contribution >= 4 is 13.5 Å². The molecule has 0 atom stereocenters. The lowest BCUT2D eigenvalue weighted by atomic mass is 10.2. The smallest absolute Gasteiger partial charge is 0.279 e. The number of hydrogen-bond donors (Lipinski definition) is 3. The largest absolute Gasteiger partial charge is 0.300 e. The summed E-state index contributed by atoms with van der Waals surface area (Å²) in [6.07, 6.45) is 0. The zero-order valence-electron chi connectivity index (χ0n) is 7.41. The van der Waals surface area contributed by atoms with Crippen LogP contribution in [0.2, 0.25) is 0 Å². The molecule has 0 radical (unpaired) electrons. The van der Waals surface area contributed by atoms with Gasteiger partial charge in [-0.25, -0.2) is 8.78 Å². The number of carbonyl (C=O) groups is 1. The minimum Gasteiger partial charge on any atom is -0.279 e. The fourth-order valence-corrected chi connectivity index (χ4v) is 1.33. The molecule has 0 spiro atoms. The van der Waals surface area contributed by atoms with Crippen molar-refractivity contribution in [3.63, 3.8) is 0 Å². The van der Waals surface area contributed by atoms with Crippen molar-refractivity contribution in [2.45, 2.75) is 0 Å². The molecule has 5 nitrogen and oxygen atoms in total. The molecule has 0 aliphatic heterocycles. The molecule has 0 unspecified atom stereocenters. The van der Waals surface area contributed by atoms with Crippen molar-refractivity contribution in [2.24, 2.45) is 11.0 Å². The Labute approximate surface area is 84.0 Å². The van der Waals surface area contributed by atoms with Gasteiger partial charge in [0.25, 0.3) is 5.91 Å². The van der Waals surface area contributed by atoms with Gasteiger partial charge in [-0.1, -0.05) is 0 Å². The van der Waals surface area contributed by atoms with Gasteiger partial charge in [0.05, 0.1) is 5.56 Å². The summed E-state index contributed by atoms with van der Waals surface area (Å²) in [6, 6.07) is 2.30. The van der Waals surface area contributed by atoms with Crippen LogP contribution in [0.15, 0.2) is 18.2 Å². The van der Waals surface area contributed by atoms with Crippen molar-refractivity contribution < 1.29 is 18.1 Å². The Kier molecular flexibility index (Phi) is 3.18. The Morgan fingerprint density at radius 3 is 2.40 bits per heavy atom. The standard InChI is InChI=1S/C7H8F2N3O2P/c8-4-1-2-5(6(9)3-4)7(13)12-15(10,11)14/h1-3H,(H5,10,11,12,13,14). The fraction of sp³-hybridized carbons (Fsp3) is 0. The van der Waals surface area contributed by atoms with Gasteiger partial charge in [-0.15, -0.1) is 0 Å². The number of benzene rings is 1. The zero-order chi connectivity index (χ0) is 11.6. The second kappa shape index (κ2) is 4.06. The monoisotopic (exact) mass is 235 g/mol. The number of rotatable bonds is 2. The van der Waals surface area contributed by atoms with Gasteiger partial charge in [-0.2, -0.15) is 0 Å². The molecule has 0 fully saturated rings. The van der Waals surface area contributed by atoms with Crippen LogP contribution in [0.5, 0.6) is 0 Å². The lowest BCUT2D eigenvalue weighted by Gasteiger charge is -2.08. The van der Waals surface area contributed by atoms with Gasteiger partial charge in [-0.3, -0.25) is 25.5 Å². The second-order valence-electron chi connectivity index (χ2n) is 2.77. The van der Waals surface area contributed by atoms with E-state index in [0.717, 1.165) is 12.1 Å². The molecule has 0 bridgehead atoms. The topological polar surface area (TPSA) is 98.2 Å². The predicted octanol–water partition coefficient (Wildman–Crippen LogP) is 0.720. The maximum Gasteiger partial charge on any atom is 0.300 e. The van der Waals surface area contributed by atoms with Crippen LogP contribution < -0.4 is 16.1 Å². The van der Waals surface area contributed by atoms with Gasteiger partial charge in [0.2, 0.25) is 0 Å². The van der Waals surface area contributed by atoms with E-state index in [0.29, 0.717) is 6.07 Å². The molecular formula is C7H8F2N3O2P. The van der Waals surface area contributed by atoms with Crippen molar-refractivity contribution in [3.05, 3.63) is 35.4 Å². The van der Waals surface area contributed by atoms with Gasteiger partial charge in [0.15, 0.2) is 0 Å². The Morgan fingerprint density at radius 1 is 1.33 bits per heavy atom. The number of amides is 1. The maximum atomic E-state index is 13.0. The molecule has 15 heavy (non-hydrogen) atoms. The zero-order valence-corrected chi connectivity index (χ0v) is 8.30. The first-order valence-corrected chi connectivity index (χ1v) is 5.59. The van der Waals surface area contributed by atoms with E-state index >= 15 is 0 Å². The summed E-state index contributed by atoms with van der Waals surface area (Å²) in [5, 5.41) is 1.71. The van der Waals surface area contributed by atoms with Crippen LogP contribution in [-0.2, 0) is 4.57 Å². The second-order valence-corrected chi connectivity index (χ2v) is 4.42. The maximum absolute atomic E-state index is 13.0. The van der Waals surface area contributed by atoms with Crippen LogP contribution in [0, 0.1) is 11.6 Å². The van der Waals surface area contributed by atoms with Crippen LogP contribution in [0.25, 0.3) is 0 Å². The first-order valence-electron chi connectivity index (χ1n) is 3.74. The van der Waals surface area contributed by atoms with Gasteiger partial charge in [0, 0.05) is 6.07 Å². The van der Waals surface area contributed by atoms with Gasteiger partial charge >= 0.3 is 7.59 Å². The van der Waals surface area contributed by atoms with E-state index < -0.39 is 30.7 Å². The summed E-state index contributed by atoms with van der Waals surface area (Å²) in [5.74, 6) is -2.96. The molecule has 5 N–H and O–H groups in total. The van der Waals surface area contributed by atoms with Crippen LogP contribution >= 0.6 is 7.59 Å². The molecule has 0 aliphatic carbocycles. The molecule has 0 aliphatic rings. The third kappa shape index (κ3) is 3.39. The summed E-state index contributed by atoms with van der Waals surface area (Å²) < 4.78 is 36.3. The van der Waals surface area contributed by atoms with E-state index in [1.165, 1.54) is 0 Å². The minimum atomic E-state index is -3.78. The number of hydrogen-bond acceptors (Lipinski definition) is 2. The van der Waals surface area contributed by atoms with Gasteiger partial charge < -0.3 is 0 Å². The summed E-state index contributed by atoms with van der Waals surface area (Å²) in [6.45, 7) is 0. The third-order valence-electron chi connectivity index (χ3n) is 1.45. The van der Waals surface area contributed by atoms with Crippen molar-refractivity contribution in [1.29, 1.82) is 0 Å². The molecule has 1 aromatic rings. The first kappa shape index (κ1) is 11.8. The fourth-order valence-electron chi connectivity index (χ4n) is 0.893. The van der Waals surface area contributed by atoms with Crippen LogP contribution in [0.3, 0.4) is 0 Å². The van der Waals surface area contributed by atoms with Gasteiger partial charge in [0.1, 0.15) is 11.6 Å². The van der Waals surface area contributed by atoms with E-state index in [-0.39, 0.29) is 0 Å². The predicted molar refractivity (Wildman–Crippen MR) is 49.8 cm³/mol. The minimum absolute atomic E-state index is 0.479. The highest BCUT2D eigenvalue weighted by Crippen LogP contribution is 2.19. The van der Waals surface area contributed by atoms with Crippen molar-refractivity contribution in [3.8, 4) is 0 Å². The highest BCUT2D eigenvalue weighted by molar-refractivity contribution is 7.57. The molecule has 0 saturated heterocycles. The molecule has 0 heterocycles. The Bertz CT molecular complexity index is 446. The Hall–Kier alpha value is -1.30. The van der Waals surface area contributed by atoms with Crippen LogP contribution in [0.1, 0.15) is 10.4 Å². The first-order chi connectivity index (χ1) is 6.79. The number of nitrogens with one attached hydrogen (secondary N) is 1. The summed E-state index contributed by atoms with van der Waals surface area (Å²) >= 11 is 0. The van der Waals surface area contributed by atoms with E-state index in [4.69, 9.17) is 11.0 Å². The van der Waals surface area contributed by atoms with E-state index in [2.05, 4.69) is 0 Å². The Balaban J connectivity index is 2.97. The average Bonchev–Trinajstić information content (AvgIpc) is 1.99. The molecule has 1 rings (SSSR count). The summed E-state index contributed by atoms with van der Waals surface area (Å²) in [4.78, 5) is 11.2. The summed E-state index contributed by atoms with van der Waals surface area (Å²) in [5.41, 5.74) is 9.24. The molecular weight excluding hydrogens is 227 g/mol. The quantitative estimate of drug-likeness (QED) is 0.657. The number of halogens is 2.